The summed E-state index contributed by atoms with van der Waals surface area (Å²) in [5, 5.41) is 0. The Balaban J connectivity index is 1.74. The van der Waals surface area contributed by atoms with E-state index in [1.165, 1.54) is 0 Å². The van der Waals surface area contributed by atoms with Crippen molar-refractivity contribution in [2.45, 2.75) is 32.5 Å². The van der Waals surface area contributed by atoms with Crippen molar-refractivity contribution in [2.24, 2.45) is 5.73 Å². The number of rotatable bonds is 6. The molecule has 5 heteroatoms. The van der Waals surface area contributed by atoms with E-state index < -0.39 is 0 Å². The predicted octanol–water partition coefficient (Wildman–Crippen LogP) is 2.00. The zero-order chi connectivity index (χ0) is 15.2. The molecular formula is C16H24N2O2S. The van der Waals surface area contributed by atoms with E-state index in [0.717, 1.165) is 30.9 Å². The summed E-state index contributed by atoms with van der Waals surface area (Å²) in [6.07, 6.45) is 1.24. The van der Waals surface area contributed by atoms with Gasteiger partial charge in [-0.25, -0.2) is 0 Å². The molecule has 0 spiro atoms. The second kappa shape index (κ2) is 7.73. The smallest absolute Gasteiger partial charge is 0.119 e. The molecule has 2 atom stereocenters. The summed E-state index contributed by atoms with van der Waals surface area (Å²) in [6, 6.07) is 7.96. The number of ether oxygens (including phenoxy) is 2. The Morgan fingerprint density at radius 1 is 1.29 bits per heavy atom. The molecule has 116 valence electrons. The monoisotopic (exact) mass is 308 g/mol. The van der Waals surface area contributed by atoms with E-state index in [2.05, 4.69) is 18.7 Å². The molecule has 1 saturated heterocycles. The molecule has 0 amide bonds. The molecule has 1 aromatic rings. The maximum Gasteiger partial charge on any atom is 0.119 e. The third-order valence-corrected chi connectivity index (χ3v) is 3.62. The van der Waals surface area contributed by atoms with E-state index in [-0.39, 0.29) is 0 Å². The molecule has 0 saturated carbocycles. The zero-order valence-electron chi connectivity index (χ0n) is 12.7. The Kier molecular flexibility index (Phi) is 5.96. The van der Waals surface area contributed by atoms with E-state index in [9.17, 15) is 0 Å². The van der Waals surface area contributed by atoms with Gasteiger partial charge in [0.1, 0.15) is 12.4 Å². The lowest BCUT2D eigenvalue weighted by atomic mass is 10.1. The molecule has 1 aliphatic rings. The van der Waals surface area contributed by atoms with Crippen LogP contribution in [0, 0.1) is 0 Å². The average molecular weight is 308 g/mol. The summed E-state index contributed by atoms with van der Waals surface area (Å²) in [5.74, 6) is 0.885. The van der Waals surface area contributed by atoms with Crippen LogP contribution in [0.25, 0.3) is 0 Å². The standard InChI is InChI=1S/C16H24N2O2S/c1-12-10-18(11-13(2)20-12)7-8-19-15-5-3-14(4-6-15)9-16(17)21/h3-6,12-13H,7-11H2,1-2H3,(H2,17,21). The van der Waals surface area contributed by atoms with E-state index in [4.69, 9.17) is 27.4 Å². The fraction of sp³-hybridized carbons (Fsp3) is 0.562. The number of benzene rings is 1. The van der Waals surface area contributed by atoms with E-state index in [1.807, 2.05) is 24.3 Å². The van der Waals surface area contributed by atoms with Gasteiger partial charge in [-0.15, -0.1) is 0 Å². The van der Waals surface area contributed by atoms with Gasteiger partial charge >= 0.3 is 0 Å². The minimum Gasteiger partial charge on any atom is -0.492 e. The van der Waals surface area contributed by atoms with Crippen molar-refractivity contribution in [3.63, 3.8) is 0 Å². The average Bonchev–Trinajstić information content (AvgIpc) is 2.39. The van der Waals surface area contributed by atoms with Gasteiger partial charge in [0, 0.05) is 26.1 Å². The molecule has 0 bridgehead atoms. The third kappa shape index (κ3) is 5.61. The first-order valence-corrected chi connectivity index (χ1v) is 7.81. The lowest BCUT2D eigenvalue weighted by Crippen LogP contribution is -2.46. The van der Waals surface area contributed by atoms with Crippen LogP contribution < -0.4 is 10.5 Å². The first-order chi connectivity index (χ1) is 10.0. The molecule has 0 aliphatic carbocycles. The summed E-state index contributed by atoms with van der Waals surface area (Å²) in [4.78, 5) is 2.90. The fourth-order valence-corrected chi connectivity index (χ4v) is 2.83. The number of hydrogen-bond acceptors (Lipinski definition) is 4. The molecule has 0 radical (unpaired) electrons. The number of nitrogens with two attached hydrogens (primary N) is 1. The topological polar surface area (TPSA) is 47.7 Å². The molecule has 2 unspecified atom stereocenters. The number of thiocarbonyl (C=S) groups is 1. The van der Waals surface area contributed by atoms with Gasteiger partial charge in [0.2, 0.25) is 0 Å². The van der Waals surface area contributed by atoms with Gasteiger partial charge in [-0.2, -0.15) is 0 Å². The quantitative estimate of drug-likeness (QED) is 0.815. The van der Waals surface area contributed by atoms with Crippen LogP contribution >= 0.6 is 12.2 Å². The molecule has 1 heterocycles. The van der Waals surface area contributed by atoms with Crippen molar-refractivity contribution >= 4 is 17.2 Å². The highest BCUT2D eigenvalue weighted by atomic mass is 32.1. The van der Waals surface area contributed by atoms with Gasteiger partial charge in [-0.1, -0.05) is 24.4 Å². The SMILES string of the molecule is CC1CN(CCOc2ccc(CC(N)=S)cc2)CC(C)O1. The van der Waals surface area contributed by atoms with Crippen LogP contribution in [0.3, 0.4) is 0 Å². The summed E-state index contributed by atoms with van der Waals surface area (Å²) in [7, 11) is 0. The van der Waals surface area contributed by atoms with Crippen molar-refractivity contribution in [2.75, 3.05) is 26.2 Å². The summed E-state index contributed by atoms with van der Waals surface area (Å²) in [6.45, 7) is 7.79. The van der Waals surface area contributed by atoms with Crippen molar-refractivity contribution in [1.29, 1.82) is 0 Å². The Hall–Kier alpha value is -1.17. The van der Waals surface area contributed by atoms with Gasteiger partial charge in [0.05, 0.1) is 17.2 Å². The summed E-state index contributed by atoms with van der Waals surface area (Å²) in [5.41, 5.74) is 6.65. The molecule has 1 aromatic carbocycles. The Bertz CT molecular complexity index is 454. The molecule has 0 aromatic heterocycles. The normalized spacial score (nSPS) is 23.0. The van der Waals surface area contributed by atoms with E-state index >= 15 is 0 Å². The maximum atomic E-state index is 5.79. The van der Waals surface area contributed by atoms with Crippen LogP contribution in [0.1, 0.15) is 19.4 Å². The van der Waals surface area contributed by atoms with Crippen molar-refractivity contribution in [3.8, 4) is 5.75 Å². The largest absolute Gasteiger partial charge is 0.492 e. The van der Waals surface area contributed by atoms with Gasteiger partial charge in [-0.3, -0.25) is 4.90 Å². The number of morpholine rings is 1. The Morgan fingerprint density at radius 3 is 2.48 bits per heavy atom. The second-order valence-electron chi connectivity index (χ2n) is 5.65. The van der Waals surface area contributed by atoms with Crippen molar-refractivity contribution in [3.05, 3.63) is 29.8 Å². The van der Waals surface area contributed by atoms with Gasteiger partial charge in [0.15, 0.2) is 0 Å². The Labute approximate surface area is 132 Å². The second-order valence-corrected chi connectivity index (χ2v) is 6.18. The summed E-state index contributed by atoms with van der Waals surface area (Å²) < 4.78 is 11.5. The van der Waals surface area contributed by atoms with Crippen LogP contribution in [-0.2, 0) is 11.2 Å². The van der Waals surface area contributed by atoms with Crippen LogP contribution in [0.5, 0.6) is 5.75 Å². The zero-order valence-corrected chi connectivity index (χ0v) is 13.6. The highest BCUT2D eigenvalue weighted by Crippen LogP contribution is 2.14. The minimum absolute atomic E-state index is 0.299. The highest BCUT2D eigenvalue weighted by Gasteiger charge is 2.21. The van der Waals surface area contributed by atoms with Gasteiger partial charge < -0.3 is 15.2 Å². The molecular weight excluding hydrogens is 284 g/mol. The third-order valence-electron chi connectivity index (χ3n) is 3.47. The lowest BCUT2D eigenvalue weighted by molar-refractivity contribution is -0.0699. The van der Waals surface area contributed by atoms with Crippen molar-refractivity contribution in [1.82, 2.24) is 4.90 Å². The van der Waals surface area contributed by atoms with Crippen LogP contribution in [-0.4, -0.2) is 48.3 Å². The van der Waals surface area contributed by atoms with Crippen LogP contribution in [0.2, 0.25) is 0 Å². The lowest BCUT2D eigenvalue weighted by Gasteiger charge is -2.35. The van der Waals surface area contributed by atoms with Gasteiger partial charge in [0.25, 0.3) is 0 Å². The van der Waals surface area contributed by atoms with Crippen LogP contribution in [0.15, 0.2) is 24.3 Å². The van der Waals surface area contributed by atoms with Crippen molar-refractivity contribution < 1.29 is 9.47 Å². The van der Waals surface area contributed by atoms with E-state index in [1.54, 1.807) is 0 Å². The molecule has 2 rings (SSSR count). The maximum absolute atomic E-state index is 5.79. The predicted molar refractivity (Wildman–Crippen MR) is 88.9 cm³/mol. The first-order valence-electron chi connectivity index (χ1n) is 7.41. The van der Waals surface area contributed by atoms with Crippen LogP contribution in [0.4, 0.5) is 0 Å². The van der Waals surface area contributed by atoms with Gasteiger partial charge in [-0.05, 0) is 31.5 Å². The Morgan fingerprint density at radius 2 is 1.90 bits per heavy atom. The van der Waals surface area contributed by atoms with E-state index in [0.29, 0.717) is 30.2 Å². The minimum atomic E-state index is 0.299. The summed E-state index contributed by atoms with van der Waals surface area (Å²) >= 11 is 4.90. The number of nitrogens with zero attached hydrogens (tertiary/aromatic N) is 1. The molecule has 2 N–H and O–H groups in total. The fourth-order valence-electron chi connectivity index (χ4n) is 2.66. The molecule has 1 aliphatic heterocycles. The first kappa shape index (κ1) is 16.2. The highest BCUT2D eigenvalue weighted by molar-refractivity contribution is 7.80. The molecule has 1 fully saturated rings. The molecule has 4 nitrogen and oxygen atoms in total. The molecule has 21 heavy (non-hydrogen) atoms. The number of hydrogen-bond donors (Lipinski definition) is 1.